The Hall–Kier alpha value is -1.55. The zero-order valence-electron chi connectivity index (χ0n) is 10.8. The summed E-state index contributed by atoms with van der Waals surface area (Å²) < 4.78 is 6.79. The predicted molar refractivity (Wildman–Crippen MR) is 71.1 cm³/mol. The second-order valence-corrected chi connectivity index (χ2v) is 5.54. The molecule has 0 atom stereocenters. The van der Waals surface area contributed by atoms with Crippen molar-refractivity contribution in [2.45, 2.75) is 33.3 Å². The normalized spacial score (nSPS) is 11.8. The van der Waals surface area contributed by atoms with Crippen LogP contribution in [-0.2, 0) is 4.74 Å². The van der Waals surface area contributed by atoms with E-state index >= 15 is 0 Å². The van der Waals surface area contributed by atoms with Gasteiger partial charge in [-0.25, -0.2) is 14.3 Å². The minimum absolute atomic E-state index is 0.352. The number of hydrogen-bond donors (Lipinski definition) is 0. The van der Waals surface area contributed by atoms with Crippen LogP contribution in [0.3, 0.4) is 0 Å². The third-order valence-electron chi connectivity index (χ3n) is 2.38. The molecule has 0 aliphatic rings. The highest BCUT2D eigenvalue weighted by molar-refractivity contribution is 6.29. The summed E-state index contributed by atoms with van der Waals surface area (Å²) >= 11 is 5.86. The molecule has 4 nitrogen and oxygen atoms in total. The third-order valence-corrected chi connectivity index (χ3v) is 2.59. The molecule has 5 heteroatoms. The molecule has 0 bridgehead atoms. The molecule has 0 amide bonds. The minimum atomic E-state index is -0.543. The SMILES string of the molecule is Cc1cc2ccc(Cl)nc2n1C(=O)OC(C)(C)C. The standard InChI is InChI=1S/C13H15ClN2O2/c1-8-7-9-5-6-10(14)15-11(9)16(8)12(17)18-13(2,3)4/h5-7H,1-4H3. The number of hydrogen-bond acceptors (Lipinski definition) is 3. The summed E-state index contributed by atoms with van der Waals surface area (Å²) in [6.07, 6.45) is -0.440. The molecule has 18 heavy (non-hydrogen) atoms. The van der Waals surface area contributed by atoms with Gasteiger partial charge in [0.15, 0.2) is 5.65 Å². The van der Waals surface area contributed by atoms with Gasteiger partial charge in [0.05, 0.1) is 0 Å². The average Bonchev–Trinajstić information content (AvgIpc) is 2.50. The molecule has 0 spiro atoms. The predicted octanol–water partition coefficient (Wildman–Crippen LogP) is 3.78. The molecule has 2 rings (SSSR count). The maximum absolute atomic E-state index is 12.1. The van der Waals surface area contributed by atoms with E-state index in [0.29, 0.717) is 10.8 Å². The van der Waals surface area contributed by atoms with E-state index in [9.17, 15) is 4.79 Å². The lowest BCUT2D eigenvalue weighted by molar-refractivity contribution is 0.0541. The van der Waals surface area contributed by atoms with Crippen molar-refractivity contribution in [1.82, 2.24) is 9.55 Å². The van der Waals surface area contributed by atoms with Gasteiger partial charge in [-0.3, -0.25) is 0 Å². The molecule has 0 saturated carbocycles. The van der Waals surface area contributed by atoms with Gasteiger partial charge in [0, 0.05) is 11.1 Å². The van der Waals surface area contributed by atoms with E-state index in [1.54, 1.807) is 6.07 Å². The second kappa shape index (κ2) is 4.28. The van der Waals surface area contributed by atoms with Gasteiger partial charge in [-0.1, -0.05) is 11.6 Å². The van der Waals surface area contributed by atoms with Crippen LogP contribution >= 0.6 is 11.6 Å². The Kier molecular flexibility index (Phi) is 3.07. The lowest BCUT2D eigenvalue weighted by atomic mass is 10.2. The molecule has 0 unspecified atom stereocenters. The smallest absolute Gasteiger partial charge is 0.420 e. The highest BCUT2D eigenvalue weighted by Gasteiger charge is 2.21. The average molecular weight is 267 g/mol. The summed E-state index contributed by atoms with van der Waals surface area (Å²) in [4.78, 5) is 16.3. The molecule has 0 aromatic carbocycles. The number of halogens is 1. The van der Waals surface area contributed by atoms with Crippen LogP contribution in [0.2, 0.25) is 5.15 Å². The van der Waals surface area contributed by atoms with Crippen LogP contribution in [0, 0.1) is 6.92 Å². The van der Waals surface area contributed by atoms with Crippen molar-refractivity contribution in [1.29, 1.82) is 0 Å². The molecule has 96 valence electrons. The van der Waals surface area contributed by atoms with Crippen molar-refractivity contribution in [2.75, 3.05) is 0 Å². The van der Waals surface area contributed by atoms with Crippen LogP contribution in [0.5, 0.6) is 0 Å². The fourth-order valence-corrected chi connectivity index (χ4v) is 1.87. The van der Waals surface area contributed by atoms with Gasteiger partial charge in [0.25, 0.3) is 0 Å². The van der Waals surface area contributed by atoms with E-state index in [1.807, 2.05) is 39.8 Å². The van der Waals surface area contributed by atoms with Crippen LogP contribution in [0.4, 0.5) is 4.79 Å². The number of carbonyl (C=O) groups excluding carboxylic acids is 1. The van der Waals surface area contributed by atoms with E-state index in [0.717, 1.165) is 11.1 Å². The van der Waals surface area contributed by atoms with Gasteiger partial charge >= 0.3 is 6.09 Å². The number of ether oxygens (including phenoxy) is 1. The molecule has 0 fully saturated rings. The fourth-order valence-electron chi connectivity index (χ4n) is 1.72. The number of pyridine rings is 1. The molecule has 0 saturated heterocycles. The number of rotatable bonds is 0. The van der Waals surface area contributed by atoms with Gasteiger partial charge in [-0.2, -0.15) is 0 Å². The van der Waals surface area contributed by atoms with Gasteiger partial charge in [-0.05, 0) is 45.9 Å². The summed E-state index contributed by atoms with van der Waals surface area (Å²) in [5.74, 6) is 0. The molecular weight excluding hydrogens is 252 g/mol. The van der Waals surface area contributed by atoms with Crippen molar-refractivity contribution < 1.29 is 9.53 Å². The van der Waals surface area contributed by atoms with Gasteiger partial charge < -0.3 is 4.74 Å². The van der Waals surface area contributed by atoms with E-state index in [4.69, 9.17) is 16.3 Å². The maximum Gasteiger partial charge on any atom is 0.420 e. The van der Waals surface area contributed by atoms with Crippen LogP contribution in [0.15, 0.2) is 18.2 Å². The summed E-state index contributed by atoms with van der Waals surface area (Å²) in [5.41, 5.74) is 0.752. The summed E-state index contributed by atoms with van der Waals surface area (Å²) in [6, 6.07) is 5.41. The minimum Gasteiger partial charge on any atom is -0.443 e. The van der Waals surface area contributed by atoms with Crippen molar-refractivity contribution >= 4 is 28.7 Å². The van der Waals surface area contributed by atoms with Crippen molar-refractivity contribution in [3.8, 4) is 0 Å². The molecule has 2 heterocycles. The molecule has 0 N–H and O–H groups in total. The molecule has 0 aliphatic carbocycles. The highest BCUT2D eigenvalue weighted by atomic mass is 35.5. The first kappa shape index (κ1) is 12.9. The maximum atomic E-state index is 12.1. The topological polar surface area (TPSA) is 44.1 Å². The number of nitrogens with zero attached hydrogens (tertiary/aromatic N) is 2. The van der Waals surface area contributed by atoms with E-state index in [1.165, 1.54) is 4.57 Å². The van der Waals surface area contributed by atoms with Crippen molar-refractivity contribution in [3.63, 3.8) is 0 Å². The fraction of sp³-hybridized carbons (Fsp3) is 0.385. The van der Waals surface area contributed by atoms with Gasteiger partial charge in [0.1, 0.15) is 10.8 Å². The van der Waals surface area contributed by atoms with E-state index < -0.39 is 11.7 Å². The first-order valence-electron chi connectivity index (χ1n) is 5.66. The van der Waals surface area contributed by atoms with E-state index in [-0.39, 0.29) is 0 Å². The third kappa shape index (κ3) is 2.48. The second-order valence-electron chi connectivity index (χ2n) is 5.15. The van der Waals surface area contributed by atoms with Crippen LogP contribution < -0.4 is 0 Å². The molecule has 0 radical (unpaired) electrons. The summed E-state index contributed by atoms with van der Waals surface area (Å²) in [7, 11) is 0. The Morgan fingerprint density at radius 2 is 2.06 bits per heavy atom. The number of aryl methyl sites for hydroxylation is 1. The molecule has 0 aliphatic heterocycles. The first-order valence-corrected chi connectivity index (χ1v) is 6.04. The number of carbonyl (C=O) groups is 1. The lowest BCUT2D eigenvalue weighted by Gasteiger charge is -2.20. The number of fused-ring (bicyclic) bond motifs is 1. The highest BCUT2D eigenvalue weighted by Crippen LogP contribution is 2.21. The lowest BCUT2D eigenvalue weighted by Crippen LogP contribution is -2.27. The Morgan fingerprint density at radius 1 is 1.39 bits per heavy atom. The first-order chi connectivity index (χ1) is 8.28. The zero-order chi connectivity index (χ0) is 13.5. The Morgan fingerprint density at radius 3 is 2.67 bits per heavy atom. The van der Waals surface area contributed by atoms with Gasteiger partial charge in [0.2, 0.25) is 0 Å². The van der Waals surface area contributed by atoms with E-state index in [2.05, 4.69) is 4.98 Å². The quantitative estimate of drug-likeness (QED) is 0.682. The Labute approximate surface area is 111 Å². The van der Waals surface area contributed by atoms with Gasteiger partial charge in [-0.15, -0.1) is 0 Å². The van der Waals surface area contributed by atoms with Crippen LogP contribution in [0.25, 0.3) is 11.0 Å². The Balaban J connectivity index is 2.53. The molecular formula is C13H15ClN2O2. The van der Waals surface area contributed by atoms with Crippen LogP contribution in [-0.4, -0.2) is 21.2 Å². The van der Waals surface area contributed by atoms with Crippen molar-refractivity contribution in [2.24, 2.45) is 0 Å². The zero-order valence-corrected chi connectivity index (χ0v) is 11.6. The number of aromatic nitrogens is 2. The molecule has 2 aromatic heterocycles. The largest absolute Gasteiger partial charge is 0.443 e. The molecule has 2 aromatic rings. The monoisotopic (exact) mass is 266 g/mol. The van der Waals surface area contributed by atoms with Crippen molar-refractivity contribution in [3.05, 3.63) is 29.0 Å². The Bertz CT molecular complexity index is 611. The summed E-state index contributed by atoms with van der Waals surface area (Å²) in [6.45, 7) is 7.31. The van der Waals surface area contributed by atoms with Crippen LogP contribution in [0.1, 0.15) is 26.5 Å². The summed E-state index contributed by atoms with van der Waals surface area (Å²) in [5, 5.41) is 1.22.